The molecule has 3 aromatic carbocycles. The Hall–Kier alpha value is -3.78. The average molecular weight is 491 g/mol. The molecule has 0 unspecified atom stereocenters. The summed E-state index contributed by atoms with van der Waals surface area (Å²) in [6, 6.07) is 21.3. The number of ether oxygens (including phenoxy) is 1. The van der Waals surface area contributed by atoms with Crippen LogP contribution in [0.2, 0.25) is 0 Å². The lowest BCUT2D eigenvalue weighted by molar-refractivity contribution is -0.118. The van der Waals surface area contributed by atoms with E-state index in [0.29, 0.717) is 17.9 Å². The van der Waals surface area contributed by atoms with E-state index in [0.717, 1.165) is 22.3 Å². The molecule has 2 amide bonds. The molecule has 0 saturated heterocycles. The molecule has 0 spiro atoms. The Kier molecular flexibility index (Phi) is 7.72. The number of benzene rings is 3. The van der Waals surface area contributed by atoms with Crippen LogP contribution >= 0.6 is 11.8 Å². The molecule has 35 heavy (non-hydrogen) atoms. The quantitative estimate of drug-likeness (QED) is 0.391. The van der Waals surface area contributed by atoms with Crippen molar-refractivity contribution in [3.05, 3.63) is 89.5 Å². The van der Waals surface area contributed by atoms with Crippen molar-refractivity contribution < 1.29 is 24.2 Å². The highest BCUT2D eigenvalue weighted by atomic mass is 32.2. The summed E-state index contributed by atoms with van der Waals surface area (Å²) in [6.07, 6.45) is 1.64. The topological polar surface area (TPSA) is 105 Å². The maximum absolute atomic E-state index is 12.9. The number of carbonyl (C=O) groups is 3. The molecule has 0 aromatic heterocycles. The lowest BCUT2D eigenvalue weighted by Gasteiger charge is -2.19. The first-order chi connectivity index (χ1) is 17.0. The summed E-state index contributed by atoms with van der Waals surface area (Å²) in [5.74, 6) is -0.950. The number of carbonyl (C=O) groups excluding carboxylic acids is 2. The van der Waals surface area contributed by atoms with E-state index in [1.54, 1.807) is 23.9 Å². The van der Waals surface area contributed by atoms with Crippen LogP contribution in [0.1, 0.15) is 33.8 Å². The number of carboxylic acids is 1. The monoisotopic (exact) mass is 490 g/mol. The summed E-state index contributed by atoms with van der Waals surface area (Å²) in [7, 11) is 0. The number of aromatic carboxylic acids is 1. The van der Waals surface area contributed by atoms with Gasteiger partial charge in [0.1, 0.15) is 12.6 Å². The summed E-state index contributed by atoms with van der Waals surface area (Å²) in [5.41, 5.74) is 4.90. The Morgan fingerprint density at radius 3 is 2.26 bits per heavy atom. The van der Waals surface area contributed by atoms with Crippen molar-refractivity contribution in [3.8, 4) is 11.1 Å². The summed E-state index contributed by atoms with van der Waals surface area (Å²) < 4.78 is 5.59. The van der Waals surface area contributed by atoms with E-state index in [9.17, 15) is 19.5 Å². The molecule has 1 atom stereocenters. The van der Waals surface area contributed by atoms with Crippen LogP contribution < -0.4 is 10.6 Å². The van der Waals surface area contributed by atoms with E-state index in [-0.39, 0.29) is 18.1 Å². The smallest absolute Gasteiger partial charge is 0.407 e. The number of anilines is 1. The van der Waals surface area contributed by atoms with Gasteiger partial charge in [-0.1, -0.05) is 54.6 Å². The van der Waals surface area contributed by atoms with Crippen LogP contribution in [-0.4, -0.2) is 47.7 Å². The van der Waals surface area contributed by atoms with Gasteiger partial charge in [-0.05, 0) is 58.9 Å². The van der Waals surface area contributed by atoms with Gasteiger partial charge in [0.05, 0.1) is 5.56 Å². The SMILES string of the molecule is CSCC[C@@H](NC(=O)OCC1c2ccccc2-c2ccccc21)C(=O)Nc1cccc(C(=O)O)c1. The number of carboxylic acid groups (broad SMARTS) is 1. The van der Waals surface area contributed by atoms with E-state index >= 15 is 0 Å². The molecule has 8 heteroatoms. The predicted molar refractivity (Wildman–Crippen MR) is 137 cm³/mol. The zero-order valence-electron chi connectivity index (χ0n) is 19.2. The first-order valence-electron chi connectivity index (χ1n) is 11.2. The number of amides is 2. The number of alkyl carbamates (subject to hydrolysis) is 1. The minimum Gasteiger partial charge on any atom is -0.478 e. The zero-order chi connectivity index (χ0) is 24.8. The van der Waals surface area contributed by atoms with E-state index < -0.39 is 24.0 Å². The van der Waals surface area contributed by atoms with Gasteiger partial charge in [0.2, 0.25) is 5.91 Å². The van der Waals surface area contributed by atoms with E-state index in [1.807, 2.05) is 42.7 Å². The molecular weight excluding hydrogens is 464 g/mol. The van der Waals surface area contributed by atoms with Crippen molar-refractivity contribution in [1.29, 1.82) is 0 Å². The van der Waals surface area contributed by atoms with Gasteiger partial charge in [0, 0.05) is 11.6 Å². The van der Waals surface area contributed by atoms with Crippen LogP contribution in [0.15, 0.2) is 72.8 Å². The minimum atomic E-state index is -1.09. The number of thioether (sulfide) groups is 1. The van der Waals surface area contributed by atoms with Gasteiger partial charge >= 0.3 is 12.1 Å². The molecule has 180 valence electrons. The Bertz CT molecular complexity index is 1200. The van der Waals surface area contributed by atoms with Gasteiger partial charge in [0.25, 0.3) is 0 Å². The normalized spacial score (nSPS) is 12.8. The first-order valence-corrected chi connectivity index (χ1v) is 12.6. The van der Waals surface area contributed by atoms with Crippen LogP contribution in [0, 0.1) is 0 Å². The Morgan fingerprint density at radius 2 is 1.63 bits per heavy atom. The van der Waals surface area contributed by atoms with Crippen molar-refractivity contribution >= 4 is 35.4 Å². The molecule has 3 aromatic rings. The summed E-state index contributed by atoms with van der Waals surface area (Å²) in [5, 5.41) is 14.5. The minimum absolute atomic E-state index is 0.0629. The zero-order valence-corrected chi connectivity index (χ0v) is 20.0. The predicted octanol–water partition coefficient (Wildman–Crippen LogP) is 4.98. The van der Waals surface area contributed by atoms with E-state index in [1.165, 1.54) is 12.1 Å². The van der Waals surface area contributed by atoms with Crippen LogP contribution in [0.3, 0.4) is 0 Å². The van der Waals surface area contributed by atoms with Crippen molar-refractivity contribution in [2.75, 3.05) is 23.9 Å². The number of rotatable bonds is 9. The molecule has 0 fully saturated rings. The molecule has 0 aliphatic heterocycles. The third kappa shape index (κ3) is 5.66. The standard InChI is InChI=1S/C27H26N2O5S/c1-35-14-13-24(25(30)28-18-8-6-7-17(15-18)26(31)32)29-27(33)34-16-23-21-11-4-2-9-19(21)20-10-3-5-12-22(20)23/h2-12,15,23-24H,13-14,16H2,1H3,(H,28,30)(H,29,33)(H,31,32)/t24-/m1/s1. The second-order valence-corrected chi connectivity index (χ2v) is 9.16. The lowest BCUT2D eigenvalue weighted by atomic mass is 9.98. The Labute approximate surface area is 207 Å². The summed E-state index contributed by atoms with van der Waals surface area (Å²) >= 11 is 1.56. The lowest BCUT2D eigenvalue weighted by Crippen LogP contribution is -2.44. The third-order valence-electron chi connectivity index (χ3n) is 5.94. The van der Waals surface area contributed by atoms with Crippen LogP contribution in [0.5, 0.6) is 0 Å². The molecule has 0 heterocycles. The summed E-state index contributed by atoms with van der Waals surface area (Å²) in [4.78, 5) is 36.8. The van der Waals surface area contributed by atoms with Gasteiger partial charge in [-0.2, -0.15) is 11.8 Å². The van der Waals surface area contributed by atoms with Gasteiger partial charge in [-0.25, -0.2) is 9.59 Å². The van der Waals surface area contributed by atoms with E-state index in [2.05, 4.69) is 22.8 Å². The second kappa shape index (κ2) is 11.1. The van der Waals surface area contributed by atoms with Gasteiger partial charge in [-0.3, -0.25) is 4.79 Å². The van der Waals surface area contributed by atoms with Crippen molar-refractivity contribution in [3.63, 3.8) is 0 Å². The number of hydrogen-bond donors (Lipinski definition) is 3. The number of hydrogen-bond acceptors (Lipinski definition) is 5. The van der Waals surface area contributed by atoms with Crippen molar-refractivity contribution in [1.82, 2.24) is 5.32 Å². The highest BCUT2D eigenvalue weighted by molar-refractivity contribution is 7.98. The summed E-state index contributed by atoms with van der Waals surface area (Å²) in [6.45, 7) is 0.150. The largest absolute Gasteiger partial charge is 0.478 e. The molecule has 0 bridgehead atoms. The molecule has 0 saturated carbocycles. The Balaban J connectivity index is 1.41. The maximum Gasteiger partial charge on any atom is 0.407 e. The molecule has 1 aliphatic carbocycles. The van der Waals surface area contributed by atoms with Gasteiger partial charge in [0.15, 0.2) is 0 Å². The third-order valence-corrected chi connectivity index (χ3v) is 6.58. The fraction of sp³-hybridized carbons (Fsp3) is 0.222. The van der Waals surface area contributed by atoms with Crippen molar-refractivity contribution in [2.24, 2.45) is 0 Å². The molecule has 7 nitrogen and oxygen atoms in total. The fourth-order valence-corrected chi connectivity index (χ4v) is 4.72. The van der Waals surface area contributed by atoms with Crippen LogP contribution in [0.4, 0.5) is 10.5 Å². The molecule has 1 aliphatic rings. The number of nitrogens with one attached hydrogen (secondary N) is 2. The van der Waals surface area contributed by atoms with Crippen LogP contribution in [0.25, 0.3) is 11.1 Å². The first kappa shape index (κ1) is 24.3. The highest BCUT2D eigenvalue weighted by Gasteiger charge is 2.29. The fourth-order valence-electron chi connectivity index (χ4n) is 4.25. The van der Waals surface area contributed by atoms with Crippen molar-refractivity contribution in [2.45, 2.75) is 18.4 Å². The van der Waals surface area contributed by atoms with Gasteiger partial charge in [-0.15, -0.1) is 0 Å². The average Bonchev–Trinajstić information content (AvgIpc) is 3.19. The Morgan fingerprint density at radius 1 is 0.971 bits per heavy atom. The molecule has 4 rings (SSSR count). The second-order valence-electron chi connectivity index (χ2n) is 8.18. The van der Waals surface area contributed by atoms with E-state index in [4.69, 9.17) is 4.74 Å². The van der Waals surface area contributed by atoms with Gasteiger partial charge < -0.3 is 20.5 Å². The van der Waals surface area contributed by atoms with Crippen LogP contribution in [-0.2, 0) is 9.53 Å². The number of fused-ring (bicyclic) bond motifs is 3. The molecule has 3 N–H and O–H groups in total. The maximum atomic E-state index is 12.9. The molecular formula is C27H26N2O5S. The highest BCUT2D eigenvalue weighted by Crippen LogP contribution is 2.44. The molecule has 0 radical (unpaired) electrons.